The molecule has 1 fully saturated rings. The Bertz CT molecular complexity index is 550. The fraction of sp³-hybridized carbons (Fsp3) is 0.588. The summed E-state index contributed by atoms with van der Waals surface area (Å²) >= 11 is 5.71. The van der Waals surface area contributed by atoms with Gasteiger partial charge in [0, 0.05) is 25.2 Å². The van der Waals surface area contributed by atoms with E-state index < -0.39 is 5.82 Å². The Balaban J connectivity index is 1.94. The Labute approximate surface area is 142 Å². The molecule has 1 amide bonds. The van der Waals surface area contributed by atoms with Crippen LogP contribution in [0.1, 0.15) is 13.8 Å². The van der Waals surface area contributed by atoms with Crippen molar-refractivity contribution in [2.24, 2.45) is 11.8 Å². The largest absolute Gasteiger partial charge is 0.484 e. The van der Waals surface area contributed by atoms with E-state index in [-0.39, 0.29) is 17.5 Å². The fourth-order valence-corrected chi connectivity index (χ4v) is 3.19. The van der Waals surface area contributed by atoms with Crippen molar-refractivity contribution in [3.05, 3.63) is 29.0 Å². The van der Waals surface area contributed by atoms with Gasteiger partial charge in [-0.25, -0.2) is 4.39 Å². The Kier molecular flexibility index (Phi) is 5.87. The first-order valence-corrected chi connectivity index (χ1v) is 8.19. The maximum atomic E-state index is 13.1. The smallest absolute Gasteiger partial charge is 0.260 e. The fourth-order valence-electron chi connectivity index (χ4n) is 3.02. The van der Waals surface area contributed by atoms with E-state index in [1.165, 1.54) is 18.2 Å². The number of carbonyl (C=O) groups is 1. The minimum absolute atomic E-state index is 0.0105. The maximum absolute atomic E-state index is 13.1. The van der Waals surface area contributed by atoms with E-state index >= 15 is 0 Å². The van der Waals surface area contributed by atoms with Crippen LogP contribution >= 0.6 is 11.6 Å². The van der Waals surface area contributed by atoms with Crippen molar-refractivity contribution in [3.8, 4) is 5.75 Å². The SMILES string of the molecule is CC(C)[C@@H]1CN(C(=O)COc2ccc(F)c(Cl)c2)C[C@H]1N(C)C. The molecule has 0 N–H and O–H groups in total. The lowest BCUT2D eigenvalue weighted by atomic mass is 9.91. The minimum atomic E-state index is -0.501. The first kappa shape index (κ1) is 18.0. The zero-order valence-electron chi connectivity index (χ0n) is 14.1. The van der Waals surface area contributed by atoms with Crippen LogP contribution in [0.2, 0.25) is 5.02 Å². The molecule has 0 saturated carbocycles. The Morgan fingerprint density at radius 3 is 2.65 bits per heavy atom. The average molecular weight is 343 g/mol. The molecule has 4 nitrogen and oxygen atoms in total. The van der Waals surface area contributed by atoms with E-state index in [4.69, 9.17) is 16.3 Å². The summed E-state index contributed by atoms with van der Waals surface area (Å²) < 4.78 is 18.6. The molecule has 1 heterocycles. The molecule has 0 bridgehead atoms. The Morgan fingerprint density at radius 1 is 1.43 bits per heavy atom. The van der Waals surface area contributed by atoms with Crippen LogP contribution < -0.4 is 4.74 Å². The molecule has 2 rings (SSSR count). The number of hydrogen-bond acceptors (Lipinski definition) is 3. The highest BCUT2D eigenvalue weighted by molar-refractivity contribution is 6.30. The molecule has 0 radical (unpaired) electrons. The van der Waals surface area contributed by atoms with E-state index in [0.29, 0.717) is 30.2 Å². The predicted molar refractivity (Wildman–Crippen MR) is 89.3 cm³/mol. The average Bonchev–Trinajstić information content (AvgIpc) is 2.94. The summed E-state index contributed by atoms with van der Waals surface area (Å²) in [6, 6.07) is 4.44. The molecule has 0 spiro atoms. The van der Waals surface area contributed by atoms with Gasteiger partial charge in [-0.3, -0.25) is 4.79 Å². The number of ether oxygens (including phenoxy) is 1. The minimum Gasteiger partial charge on any atom is -0.484 e. The summed E-state index contributed by atoms with van der Waals surface area (Å²) in [5.74, 6) is 0.804. The summed E-state index contributed by atoms with van der Waals surface area (Å²) in [7, 11) is 4.09. The highest BCUT2D eigenvalue weighted by atomic mass is 35.5. The van der Waals surface area contributed by atoms with E-state index in [2.05, 4.69) is 18.7 Å². The Hall–Kier alpha value is -1.33. The monoisotopic (exact) mass is 342 g/mol. The van der Waals surface area contributed by atoms with Gasteiger partial charge < -0.3 is 14.5 Å². The Morgan fingerprint density at radius 2 is 2.13 bits per heavy atom. The van der Waals surface area contributed by atoms with Crippen molar-refractivity contribution in [2.45, 2.75) is 19.9 Å². The van der Waals surface area contributed by atoms with Crippen LogP contribution in [0, 0.1) is 17.7 Å². The molecule has 128 valence electrons. The van der Waals surface area contributed by atoms with Gasteiger partial charge in [0.05, 0.1) is 5.02 Å². The van der Waals surface area contributed by atoms with Crippen molar-refractivity contribution < 1.29 is 13.9 Å². The number of carbonyl (C=O) groups excluding carboxylic acids is 1. The number of nitrogens with zero attached hydrogens (tertiary/aromatic N) is 2. The van der Waals surface area contributed by atoms with Gasteiger partial charge in [-0.15, -0.1) is 0 Å². The lowest BCUT2D eigenvalue weighted by Gasteiger charge is -2.27. The lowest BCUT2D eigenvalue weighted by Crippen LogP contribution is -2.38. The van der Waals surface area contributed by atoms with Crippen LogP contribution in [0.4, 0.5) is 4.39 Å². The van der Waals surface area contributed by atoms with Crippen LogP contribution in [0.5, 0.6) is 5.75 Å². The van der Waals surface area contributed by atoms with Gasteiger partial charge in [-0.05, 0) is 38.1 Å². The van der Waals surface area contributed by atoms with Crippen LogP contribution in [0.25, 0.3) is 0 Å². The van der Waals surface area contributed by atoms with Gasteiger partial charge in [0.2, 0.25) is 0 Å². The predicted octanol–water partition coefficient (Wildman–Crippen LogP) is 2.90. The number of rotatable bonds is 5. The molecule has 1 aromatic rings. The molecule has 0 aliphatic carbocycles. The zero-order valence-corrected chi connectivity index (χ0v) is 14.8. The van der Waals surface area contributed by atoms with Crippen molar-refractivity contribution in [1.82, 2.24) is 9.80 Å². The van der Waals surface area contributed by atoms with E-state index in [1.807, 2.05) is 19.0 Å². The molecular weight excluding hydrogens is 319 g/mol. The van der Waals surface area contributed by atoms with Crippen molar-refractivity contribution in [2.75, 3.05) is 33.8 Å². The number of amides is 1. The molecule has 1 saturated heterocycles. The van der Waals surface area contributed by atoms with Gasteiger partial charge >= 0.3 is 0 Å². The third kappa shape index (κ3) is 4.36. The van der Waals surface area contributed by atoms with Crippen LogP contribution in [0.15, 0.2) is 18.2 Å². The summed E-state index contributed by atoms with van der Waals surface area (Å²) in [6.07, 6.45) is 0. The normalized spacial score (nSPS) is 21.3. The second kappa shape index (κ2) is 7.49. The number of likely N-dealkylation sites (tertiary alicyclic amines) is 1. The maximum Gasteiger partial charge on any atom is 0.260 e. The molecule has 0 unspecified atom stereocenters. The summed E-state index contributed by atoms with van der Waals surface area (Å²) in [5, 5.41) is -0.0105. The van der Waals surface area contributed by atoms with Gasteiger partial charge in [0.1, 0.15) is 11.6 Å². The van der Waals surface area contributed by atoms with Gasteiger partial charge in [-0.1, -0.05) is 25.4 Å². The van der Waals surface area contributed by atoms with E-state index in [1.54, 1.807) is 0 Å². The molecule has 23 heavy (non-hydrogen) atoms. The van der Waals surface area contributed by atoms with E-state index in [0.717, 1.165) is 6.54 Å². The lowest BCUT2D eigenvalue weighted by molar-refractivity contribution is -0.132. The van der Waals surface area contributed by atoms with Crippen LogP contribution in [0.3, 0.4) is 0 Å². The highest BCUT2D eigenvalue weighted by Crippen LogP contribution is 2.27. The quantitative estimate of drug-likeness (QED) is 0.825. The van der Waals surface area contributed by atoms with Gasteiger partial charge in [-0.2, -0.15) is 0 Å². The standard InChI is InChI=1S/C17H24ClFN2O2/c1-11(2)13-8-21(9-16(13)20(3)4)17(22)10-23-12-5-6-15(19)14(18)7-12/h5-7,11,13,16H,8-10H2,1-4H3/t13-,16+/m0/s1. The van der Waals surface area contributed by atoms with Crippen molar-refractivity contribution in [3.63, 3.8) is 0 Å². The number of halogens is 2. The second-order valence-electron chi connectivity index (χ2n) is 6.60. The summed E-state index contributed by atoms with van der Waals surface area (Å²) in [4.78, 5) is 16.4. The molecular formula is C17H24ClFN2O2. The third-order valence-electron chi connectivity index (χ3n) is 4.46. The zero-order chi connectivity index (χ0) is 17.1. The molecule has 0 aromatic heterocycles. The summed E-state index contributed by atoms with van der Waals surface area (Å²) in [5.41, 5.74) is 0. The highest BCUT2D eigenvalue weighted by Gasteiger charge is 2.37. The number of hydrogen-bond donors (Lipinski definition) is 0. The molecule has 1 aliphatic heterocycles. The van der Waals surface area contributed by atoms with Crippen molar-refractivity contribution in [1.29, 1.82) is 0 Å². The van der Waals surface area contributed by atoms with E-state index in [9.17, 15) is 9.18 Å². The van der Waals surface area contributed by atoms with Crippen molar-refractivity contribution >= 4 is 17.5 Å². The van der Waals surface area contributed by atoms with Gasteiger partial charge in [0.15, 0.2) is 6.61 Å². The number of benzene rings is 1. The first-order valence-electron chi connectivity index (χ1n) is 7.81. The molecule has 2 atom stereocenters. The molecule has 6 heteroatoms. The van der Waals surface area contributed by atoms with Crippen LogP contribution in [-0.4, -0.2) is 55.5 Å². The summed E-state index contributed by atoms with van der Waals surface area (Å²) in [6.45, 7) is 5.76. The number of likely N-dealkylation sites (N-methyl/N-ethyl adjacent to an activating group) is 1. The molecule has 1 aliphatic rings. The topological polar surface area (TPSA) is 32.8 Å². The van der Waals surface area contributed by atoms with Gasteiger partial charge in [0.25, 0.3) is 5.91 Å². The second-order valence-corrected chi connectivity index (χ2v) is 7.01. The molecule has 1 aromatic carbocycles. The van der Waals surface area contributed by atoms with Crippen LogP contribution in [-0.2, 0) is 4.79 Å². The first-order chi connectivity index (χ1) is 10.8. The third-order valence-corrected chi connectivity index (χ3v) is 4.75.